The van der Waals surface area contributed by atoms with E-state index in [0.29, 0.717) is 0 Å². The first-order valence-corrected chi connectivity index (χ1v) is 14.9. The number of benzene rings is 1. The minimum Gasteiger partial charge on any atom is -0.414 e. The quantitative estimate of drug-likeness (QED) is 0.421. The lowest BCUT2D eigenvalue weighted by Gasteiger charge is -2.32. The molecule has 2 unspecified atom stereocenters. The van der Waals surface area contributed by atoms with E-state index in [2.05, 4.69) is 76.2 Å². The van der Waals surface area contributed by atoms with Gasteiger partial charge in [-0.3, -0.25) is 0 Å². The Kier molecular flexibility index (Phi) is 7.26. The van der Waals surface area contributed by atoms with E-state index in [1.165, 1.54) is 5.56 Å². The molecule has 0 aliphatic rings. The zero-order valence-corrected chi connectivity index (χ0v) is 17.1. The Morgan fingerprint density at radius 2 is 1.50 bits per heavy atom. The summed E-state index contributed by atoms with van der Waals surface area (Å²) in [4.78, 5) is 0. The van der Waals surface area contributed by atoms with E-state index in [1.54, 1.807) is 0 Å². The lowest BCUT2D eigenvalue weighted by molar-refractivity contribution is 0.103. The molecule has 124 valence electrons. The zero-order chi connectivity index (χ0) is 16.8. The number of hydrogen-bond donors (Lipinski definition) is 0. The van der Waals surface area contributed by atoms with E-state index >= 15 is 0 Å². The minimum atomic E-state index is -1.62. The van der Waals surface area contributed by atoms with E-state index in [0.717, 1.165) is 12.8 Å². The first-order valence-electron chi connectivity index (χ1n) is 8.12. The molecule has 0 aliphatic heterocycles. The Morgan fingerprint density at radius 1 is 0.955 bits per heavy atom. The van der Waals surface area contributed by atoms with Gasteiger partial charge in [0, 0.05) is 6.42 Å². The van der Waals surface area contributed by atoms with E-state index in [1.807, 2.05) is 6.08 Å². The third-order valence-corrected chi connectivity index (χ3v) is 5.13. The molecule has 4 heteroatoms. The summed E-state index contributed by atoms with van der Waals surface area (Å²) in [6.07, 6.45) is 4.02. The van der Waals surface area contributed by atoms with Crippen LogP contribution in [-0.4, -0.2) is 22.7 Å². The molecule has 0 N–H and O–H groups in total. The summed E-state index contributed by atoms with van der Waals surface area (Å²) < 4.78 is 12.8. The van der Waals surface area contributed by atoms with Crippen molar-refractivity contribution in [1.82, 2.24) is 0 Å². The molecule has 0 fully saturated rings. The zero-order valence-electron chi connectivity index (χ0n) is 15.1. The van der Waals surface area contributed by atoms with Gasteiger partial charge in [-0.1, -0.05) is 36.4 Å². The lowest BCUT2D eigenvalue weighted by atomic mass is 10.0. The SMILES string of the molecule is C=CCC(CC(O[Si](C)(C)C)c1ccccc1)O[Si](C)(C)C. The van der Waals surface area contributed by atoms with Gasteiger partial charge < -0.3 is 8.85 Å². The van der Waals surface area contributed by atoms with Crippen molar-refractivity contribution in [3.8, 4) is 0 Å². The maximum absolute atomic E-state index is 6.46. The lowest BCUT2D eigenvalue weighted by Crippen LogP contribution is -2.35. The van der Waals surface area contributed by atoms with E-state index in [9.17, 15) is 0 Å². The van der Waals surface area contributed by atoms with Gasteiger partial charge in [0.2, 0.25) is 0 Å². The van der Waals surface area contributed by atoms with Crippen molar-refractivity contribution in [1.29, 1.82) is 0 Å². The van der Waals surface area contributed by atoms with Crippen LogP contribution >= 0.6 is 0 Å². The molecule has 0 saturated carbocycles. The van der Waals surface area contributed by atoms with Crippen LogP contribution in [0.5, 0.6) is 0 Å². The molecule has 1 aromatic rings. The molecule has 0 spiro atoms. The van der Waals surface area contributed by atoms with E-state index < -0.39 is 16.6 Å². The maximum Gasteiger partial charge on any atom is 0.184 e. The maximum atomic E-state index is 6.46. The van der Waals surface area contributed by atoms with Gasteiger partial charge in [-0.15, -0.1) is 6.58 Å². The van der Waals surface area contributed by atoms with Crippen LogP contribution in [0.4, 0.5) is 0 Å². The predicted octanol–water partition coefficient (Wildman–Crippen LogP) is 5.77. The highest BCUT2D eigenvalue weighted by Crippen LogP contribution is 2.29. The second-order valence-corrected chi connectivity index (χ2v) is 16.7. The predicted molar refractivity (Wildman–Crippen MR) is 101 cm³/mol. The Balaban J connectivity index is 2.92. The van der Waals surface area contributed by atoms with Crippen molar-refractivity contribution in [3.05, 3.63) is 48.6 Å². The highest BCUT2D eigenvalue weighted by atomic mass is 28.4. The fourth-order valence-electron chi connectivity index (χ4n) is 2.46. The van der Waals surface area contributed by atoms with Crippen molar-refractivity contribution >= 4 is 16.6 Å². The summed E-state index contributed by atoms with van der Waals surface area (Å²) in [5.74, 6) is 0. The highest BCUT2D eigenvalue weighted by molar-refractivity contribution is 6.70. The molecule has 0 aromatic heterocycles. The van der Waals surface area contributed by atoms with Crippen LogP contribution in [0.2, 0.25) is 39.3 Å². The smallest absolute Gasteiger partial charge is 0.184 e. The summed E-state index contributed by atoms with van der Waals surface area (Å²) in [7, 11) is -3.20. The molecule has 22 heavy (non-hydrogen) atoms. The van der Waals surface area contributed by atoms with Crippen LogP contribution in [0.15, 0.2) is 43.0 Å². The van der Waals surface area contributed by atoms with Crippen molar-refractivity contribution in [2.75, 3.05) is 0 Å². The van der Waals surface area contributed by atoms with Crippen LogP contribution in [0, 0.1) is 0 Å². The Morgan fingerprint density at radius 3 is 1.95 bits per heavy atom. The Bertz CT molecular complexity index is 446. The largest absolute Gasteiger partial charge is 0.414 e. The third-order valence-electron chi connectivity index (χ3n) is 3.09. The molecule has 2 atom stereocenters. The van der Waals surface area contributed by atoms with Gasteiger partial charge in [-0.05, 0) is 51.3 Å². The van der Waals surface area contributed by atoms with E-state index in [-0.39, 0.29) is 12.2 Å². The van der Waals surface area contributed by atoms with Gasteiger partial charge in [0.05, 0.1) is 12.2 Å². The highest BCUT2D eigenvalue weighted by Gasteiger charge is 2.27. The fraction of sp³-hybridized carbons (Fsp3) is 0.556. The summed E-state index contributed by atoms with van der Waals surface area (Å²) >= 11 is 0. The van der Waals surface area contributed by atoms with Gasteiger partial charge in [0.1, 0.15) is 0 Å². The van der Waals surface area contributed by atoms with Crippen molar-refractivity contribution in [2.24, 2.45) is 0 Å². The van der Waals surface area contributed by atoms with Crippen LogP contribution in [0.25, 0.3) is 0 Å². The number of rotatable bonds is 9. The minimum absolute atomic E-state index is 0.106. The second kappa shape index (κ2) is 8.25. The van der Waals surface area contributed by atoms with Crippen LogP contribution < -0.4 is 0 Å². The summed E-state index contributed by atoms with van der Waals surface area (Å²) in [6.45, 7) is 17.3. The molecular weight excluding hydrogens is 304 g/mol. The van der Waals surface area contributed by atoms with Gasteiger partial charge in [-0.2, -0.15) is 0 Å². The average Bonchev–Trinajstić information content (AvgIpc) is 2.36. The van der Waals surface area contributed by atoms with E-state index in [4.69, 9.17) is 8.85 Å². The van der Waals surface area contributed by atoms with Crippen molar-refractivity contribution in [2.45, 2.75) is 64.3 Å². The van der Waals surface area contributed by atoms with Crippen LogP contribution in [-0.2, 0) is 8.85 Å². The summed E-state index contributed by atoms with van der Waals surface area (Å²) in [5.41, 5.74) is 1.25. The van der Waals surface area contributed by atoms with Crippen LogP contribution in [0.1, 0.15) is 24.5 Å². The molecule has 0 heterocycles. The van der Waals surface area contributed by atoms with Gasteiger partial charge in [0.25, 0.3) is 0 Å². The molecule has 0 aliphatic carbocycles. The molecule has 1 rings (SSSR count). The van der Waals surface area contributed by atoms with Gasteiger partial charge >= 0.3 is 0 Å². The monoisotopic (exact) mass is 336 g/mol. The first-order chi connectivity index (χ1) is 10.1. The topological polar surface area (TPSA) is 18.5 Å². The Labute approximate surface area is 138 Å². The Hall–Kier alpha value is -0.686. The van der Waals surface area contributed by atoms with Gasteiger partial charge in [0.15, 0.2) is 16.6 Å². The first kappa shape index (κ1) is 19.4. The molecule has 0 saturated heterocycles. The van der Waals surface area contributed by atoms with Gasteiger partial charge in [-0.25, -0.2) is 0 Å². The molecule has 2 nitrogen and oxygen atoms in total. The third kappa shape index (κ3) is 8.08. The molecular formula is C18H32O2Si2. The van der Waals surface area contributed by atoms with Crippen molar-refractivity contribution < 1.29 is 8.85 Å². The average molecular weight is 337 g/mol. The molecule has 1 aromatic carbocycles. The number of hydrogen-bond acceptors (Lipinski definition) is 2. The summed E-state index contributed by atoms with van der Waals surface area (Å²) in [6, 6.07) is 10.5. The molecule has 0 bridgehead atoms. The fourth-order valence-corrected chi connectivity index (χ4v) is 4.74. The normalized spacial score (nSPS) is 15.4. The van der Waals surface area contributed by atoms with Crippen molar-refractivity contribution in [3.63, 3.8) is 0 Å². The molecule has 0 amide bonds. The van der Waals surface area contributed by atoms with Crippen LogP contribution in [0.3, 0.4) is 0 Å². The second-order valence-electron chi connectivity index (χ2n) is 7.74. The standard InChI is InChI=1S/C18H32O2Si2/c1-8-12-17(19-21(2,3)4)15-18(20-22(5,6)7)16-13-10-9-11-14-16/h8-11,13-14,17-18H,1,12,15H2,2-7H3. The molecule has 0 radical (unpaired) electrons. The summed E-state index contributed by atoms with van der Waals surface area (Å²) in [5, 5.41) is 0.